The smallest absolute Gasteiger partial charge is 0.226 e. The first-order valence-electron chi connectivity index (χ1n) is 9.44. The van der Waals surface area contributed by atoms with E-state index in [0.29, 0.717) is 0 Å². The molecule has 0 unspecified atom stereocenters. The summed E-state index contributed by atoms with van der Waals surface area (Å²) in [5.41, 5.74) is 8.19. The van der Waals surface area contributed by atoms with Crippen molar-refractivity contribution < 1.29 is 14.5 Å². The third kappa shape index (κ3) is 3.38. The van der Waals surface area contributed by atoms with Crippen LogP contribution in [0.4, 0.5) is 0 Å². The van der Waals surface area contributed by atoms with Gasteiger partial charge in [0.1, 0.15) is 0 Å². The lowest BCUT2D eigenvalue weighted by Gasteiger charge is -2.33. The molecule has 1 atom stereocenters. The minimum Gasteiger partial charge on any atom is -0.369 e. The Morgan fingerprint density at radius 1 is 1.00 bits per heavy atom. The van der Waals surface area contributed by atoms with Crippen molar-refractivity contribution in [1.29, 1.82) is 0 Å². The van der Waals surface area contributed by atoms with Crippen LogP contribution in [0.2, 0.25) is 0 Å². The van der Waals surface area contributed by atoms with Crippen LogP contribution in [0.25, 0.3) is 10.9 Å². The highest BCUT2D eigenvalue weighted by molar-refractivity contribution is 6.10. The fourth-order valence-electron chi connectivity index (χ4n) is 4.21. The van der Waals surface area contributed by atoms with Gasteiger partial charge in [0.2, 0.25) is 11.7 Å². The molecule has 0 spiro atoms. The quantitative estimate of drug-likeness (QED) is 0.606. The molecule has 0 radical (unpaired) electrons. The molecule has 2 heterocycles. The average molecular weight is 362 g/mol. The molecular weight excluding hydrogens is 338 g/mol. The number of fused-ring (bicyclic) bond motifs is 1. The maximum absolute atomic E-state index is 13.6. The molecule has 1 saturated heterocycles. The van der Waals surface area contributed by atoms with Crippen LogP contribution < -0.4 is 10.6 Å². The zero-order valence-corrected chi connectivity index (χ0v) is 15.2. The number of hydrogen-bond acceptors (Lipinski definition) is 2. The van der Waals surface area contributed by atoms with Crippen LogP contribution in [0.1, 0.15) is 34.8 Å². The zero-order valence-electron chi connectivity index (χ0n) is 15.2. The van der Waals surface area contributed by atoms with E-state index in [-0.39, 0.29) is 23.7 Å². The Morgan fingerprint density at radius 3 is 2.37 bits per heavy atom. The first-order valence-corrected chi connectivity index (χ1v) is 9.44. The summed E-state index contributed by atoms with van der Waals surface area (Å²) in [6.07, 6.45) is 3.28. The van der Waals surface area contributed by atoms with E-state index in [1.807, 2.05) is 60.8 Å². The Kier molecular flexibility index (Phi) is 4.77. The van der Waals surface area contributed by atoms with Crippen molar-refractivity contribution in [3.63, 3.8) is 0 Å². The third-order valence-electron chi connectivity index (χ3n) is 5.69. The first kappa shape index (κ1) is 17.5. The molecule has 0 bridgehead atoms. The van der Waals surface area contributed by atoms with Gasteiger partial charge in [-0.25, -0.2) is 0 Å². The van der Waals surface area contributed by atoms with Crippen molar-refractivity contribution in [1.82, 2.24) is 4.98 Å². The Labute approximate surface area is 158 Å². The number of piperidine rings is 1. The number of nitrogens with two attached hydrogens (primary N) is 1. The van der Waals surface area contributed by atoms with E-state index in [4.69, 9.17) is 5.73 Å². The van der Waals surface area contributed by atoms with Gasteiger partial charge in [0.25, 0.3) is 0 Å². The molecular formula is C22H24N3O2+. The van der Waals surface area contributed by atoms with Crippen LogP contribution in [0, 0.1) is 5.92 Å². The van der Waals surface area contributed by atoms with Crippen molar-refractivity contribution in [3.8, 4) is 0 Å². The van der Waals surface area contributed by atoms with Gasteiger partial charge >= 0.3 is 0 Å². The van der Waals surface area contributed by atoms with Crippen LogP contribution in [0.15, 0.2) is 60.8 Å². The van der Waals surface area contributed by atoms with Crippen molar-refractivity contribution in [2.75, 3.05) is 13.1 Å². The molecule has 4 rings (SSSR count). The number of hydrogen-bond donors (Lipinski definition) is 3. The Balaban J connectivity index is 1.69. The largest absolute Gasteiger partial charge is 0.369 e. The van der Waals surface area contributed by atoms with Crippen LogP contribution in [0.5, 0.6) is 0 Å². The lowest BCUT2D eigenvalue weighted by Crippen LogP contribution is -3.14. The number of likely N-dealkylation sites (tertiary alicyclic amines) is 1. The minimum absolute atomic E-state index is 0.0756. The fourth-order valence-corrected chi connectivity index (χ4v) is 4.21. The molecule has 5 heteroatoms. The number of amides is 1. The van der Waals surface area contributed by atoms with E-state index in [9.17, 15) is 9.59 Å². The molecule has 138 valence electrons. The predicted octanol–water partition coefficient (Wildman–Crippen LogP) is 1.87. The number of aromatic amines is 1. The molecule has 1 aliphatic rings. The van der Waals surface area contributed by atoms with E-state index in [1.165, 1.54) is 4.90 Å². The van der Waals surface area contributed by atoms with Crippen molar-refractivity contribution >= 4 is 22.6 Å². The second kappa shape index (κ2) is 7.37. The van der Waals surface area contributed by atoms with Crippen LogP contribution in [-0.4, -0.2) is 29.8 Å². The second-order valence-electron chi connectivity index (χ2n) is 7.29. The standard InChI is InChI=1S/C22H23N3O2/c23-22(27)16-10-12-25(13-11-16)20(15-6-2-1-3-7-15)21(26)18-14-24-19-9-5-4-8-17(18)19/h1-9,14,16,20,24H,10-13H2,(H2,23,27)/p+1/t20-/m1/s1. The molecule has 2 aromatic carbocycles. The van der Waals surface area contributed by atoms with Gasteiger partial charge in [-0.1, -0.05) is 48.5 Å². The molecule has 1 fully saturated rings. The number of nitrogens with one attached hydrogen (secondary N) is 2. The number of carbonyl (C=O) groups excluding carboxylic acids is 2. The summed E-state index contributed by atoms with van der Waals surface area (Å²) in [6, 6.07) is 17.5. The summed E-state index contributed by atoms with van der Waals surface area (Å²) >= 11 is 0. The second-order valence-corrected chi connectivity index (χ2v) is 7.29. The number of ketones is 1. The number of primary amides is 1. The Morgan fingerprint density at radius 2 is 1.67 bits per heavy atom. The fraction of sp³-hybridized carbons (Fsp3) is 0.273. The number of carbonyl (C=O) groups is 2. The number of H-pyrrole nitrogens is 1. The SMILES string of the molecule is NC(=O)C1CC[NH+]([C@@H](C(=O)c2c[nH]c3ccccc23)c2ccccc2)CC1. The van der Waals surface area contributed by atoms with Gasteiger partial charge in [-0.3, -0.25) is 9.59 Å². The number of para-hydroxylation sites is 1. The molecule has 1 aliphatic heterocycles. The Hall–Kier alpha value is -2.92. The van der Waals surface area contributed by atoms with Gasteiger partial charge in [0.15, 0.2) is 6.04 Å². The lowest BCUT2D eigenvalue weighted by atomic mass is 9.90. The van der Waals surface area contributed by atoms with Gasteiger partial charge in [0, 0.05) is 47.0 Å². The van der Waals surface area contributed by atoms with Gasteiger partial charge in [-0.2, -0.15) is 0 Å². The first-order chi connectivity index (χ1) is 13.1. The van der Waals surface area contributed by atoms with E-state index in [1.54, 1.807) is 0 Å². The monoisotopic (exact) mass is 362 g/mol. The van der Waals surface area contributed by atoms with Crippen LogP contribution in [-0.2, 0) is 4.79 Å². The number of Topliss-reactive ketones (excluding diaryl/α,β-unsaturated/α-hetero) is 1. The summed E-state index contributed by atoms with van der Waals surface area (Å²) in [4.78, 5) is 29.5. The molecule has 3 aromatic rings. The number of quaternary nitrogens is 1. The summed E-state index contributed by atoms with van der Waals surface area (Å²) in [6.45, 7) is 1.53. The van der Waals surface area contributed by atoms with E-state index in [0.717, 1.165) is 48.0 Å². The van der Waals surface area contributed by atoms with Crippen molar-refractivity contribution in [2.24, 2.45) is 11.7 Å². The molecule has 1 aromatic heterocycles. The Bertz CT molecular complexity index is 956. The normalized spacial score (nSPS) is 21.0. The summed E-state index contributed by atoms with van der Waals surface area (Å²) in [7, 11) is 0. The van der Waals surface area contributed by atoms with E-state index in [2.05, 4.69) is 4.98 Å². The number of benzene rings is 2. The highest BCUT2D eigenvalue weighted by atomic mass is 16.1. The lowest BCUT2D eigenvalue weighted by molar-refractivity contribution is -0.926. The zero-order chi connectivity index (χ0) is 18.8. The summed E-state index contributed by atoms with van der Waals surface area (Å²) in [5, 5.41) is 0.954. The molecule has 4 N–H and O–H groups in total. The number of aromatic nitrogens is 1. The molecule has 5 nitrogen and oxygen atoms in total. The van der Waals surface area contributed by atoms with Gasteiger partial charge in [0.05, 0.1) is 13.1 Å². The molecule has 27 heavy (non-hydrogen) atoms. The van der Waals surface area contributed by atoms with E-state index >= 15 is 0 Å². The van der Waals surface area contributed by atoms with Gasteiger partial charge in [-0.05, 0) is 6.07 Å². The van der Waals surface area contributed by atoms with Crippen LogP contribution in [0.3, 0.4) is 0 Å². The summed E-state index contributed by atoms with van der Waals surface area (Å²) in [5.74, 6) is -0.187. The summed E-state index contributed by atoms with van der Waals surface area (Å²) < 4.78 is 0. The maximum Gasteiger partial charge on any atom is 0.226 e. The maximum atomic E-state index is 13.6. The third-order valence-corrected chi connectivity index (χ3v) is 5.69. The number of rotatable bonds is 5. The van der Waals surface area contributed by atoms with Gasteiger partial charge in [-0.15, -0.1) is 0 Å². The van der Waals surface area contributed by atoms with Crippen LogP contribution >= 0.6 is 0 Å². The highest BCUT2D eigenvalue weighted by Gasteiger charge is 2.37. The topological polar surface area (TPSA) is 80.4 Å². The molecule has 1 amide bonds. The average Bonchev–Trinajstić information content (AvgIpc) is 3.13. The van der Waals surface area contributed by atoms with Gasteiger partial charge < -0.3 is 15.6 Å². The van der Waals surface area contributed by atoms with Crippen molar-refractivity contribution in [2.45, 2.75) is 18.9 Å². The molecule has 0 aliphatic carbocycles. The van der Waals surface area contributed by atoms with Crippen molar-refractivity contribution in [3.05, 3.63) is 71.9 Å². The molecule has 0 saturated carbocycles. The predicted molar refractivity (Wildman–Crippen MR) is 104 cm³/mol. The van der Waals surface area contributed by atoms with E-state index < -0.39 is 0 Å². The highest BCUT2D eigenvalue weighted by Crippen LogP contribution is 2.24. The minimum atomic E-state index is -0.278.